The largest absolute Gasteiger partial charge is 0.308 e. The first kappa shape index (κ1) is 21.8. The molecule has 0 unspecified atom stereocenters. The minimum atomic E-state index is -0.325. The van der Waals surface area contributed by atoms with Crippen molar-refractivity contribution in [3.8, 4) is 16.8 Å². The summed E-state index contributed by atoms with van der Waals surface area (Å²) >= 11 is 0. The van der Waals surface area contributed by atoms with Crippen molar-refractivity contribution < 1.29 is 9.59 Å². The number of anilines is 1. The molecule has 0 saturated heterocycles. The number of carbonyl (C=O) groups excluding carboxylic acids is 2. The molecule has 1 aromatic heterocycles. The lowest BCUT2D eigenvalue weighted by molar-refractivity contribution is 0.0926. The highest BCUT2D eigenvalue weighted by atomic mass is 16.2. The lowest BCUT2D eigenvalue weighted by Crippen LogP contribution is -2.29. The summed E-state index contributed by atoms with van der Waals surface area (Å²) in [4.78, 5) is 31.9. The molecule has 0 spiro atoms. The zero-order valence-electron chi connectivity index (χ0n) is 20.1. The second-order valence-corrected chi connectivity index (χ2v) is 9.22. The third kappa shape index (κ3) is 3.11. The second kappa shape index (κ2) is 8.29. The molecule has 0 atom stereocenters. The van der Waals surface area contributed by atoms with Crippen molar-refractivity contribution in [3.05, 3.63) is 138 Å². The molecule has 2 amide bonds. The van der Waals surface area contributed by atoms with E-state index in [2.05, 4.69) is 33.7 Å². The van der Waals surface area contributed by atoms with Gasteiger partial charge in [-0.15, -0.1) is 0 Å². The molecule has 5 nitrogen and oxygen atoms in total. The first-order valence-electron chi connectivity index (χ1n) is 12.2. The average molecular weight is 490 g/mol. The summed E-state index contributed by atoms with van der Waals surface area (Å²) in [7, 11) is 0. The highest BCUT2D eigenvalue weighted by Gasteiger charge is 2.39. The number of hydrogen-bond acceptors (Lipinski definition) is 2. The van der Waals surface area contributed by atoms with E-state index in [9.17, 15) is 9.59 Å². The van der Waals surface area contributed by atoms with Gasteiger partial charge < -0.3 is 4.57 Å². The van der Waals surface area contributed by atoms with Gasteiger partial charge in [0.25, 0.3) is 11.8 Å². The molecule has 0 aliphatic carbocycles. The SMILES string of the molecule is [C-]#[N+]c1ccc(-c2ccc3c(c2)c2ccccc2n3-c2cccc3c2C(=O)N(c2ccccc2)C3=O)cc1. The van der Waals surface area contributed by atoms with Crippen LogP contribution >= 0.6 is 0 Å². The van der Waals surface area contributed by atoms with Crippen LogP contribution in [-0.2, 0) is 0 Å². The van der Waals surface area contributed by atoms with Crippen molar-refractivity contribution in [2.24, 2.45) is 0 Å². The summed E-state index contributed by atoms with van der Waals surface area (Å²) in [6.45, 7) is 7.22. The summed E-state index contributed by atoms with van der Waals surface area (Å²) in [5.74, 6) is -0.641. The fraction of sp³-hybridized carbons (Fsp3) is 0. The Bertz CT molecular complexity index is 1960. The van der Waals surface area contributed by atoms with Crippen LogP contribution in [0.2, 0.25) is 0 Å². The fourth-order valence-electron chi connectivity index (χ4n) is 5.41. The maximum Gasteiger partial charge on any atom is 0.268 e. The van der Waals surface area contributed by atoms with E-state index in [4.69, 9.17) is 6.57 Å². The fourth-order valence-corrected chi connectivity index (χ4v) is 5.41. The zero-order chi connectivity index (χ0) is 25.8. The van der Waals surface area contributed by atoms with Gasteiger partial charge in [-0.25, -0.2) is 9.74 Å². The molecule has 0 bridgehead atoms. The van der Waals surface area contributed by atoms with E-state index in [0.717, 1.165) is 32.9 Å². The number of rotatable bonds is 3. The molecule has 1 aliphatic heterocycles. The molecular formula is C33H19N3O2. The molecule has 0 saturated carbocycles. The summed E-state index contributed by atoms with van der Waals surface area (Å²) in [5, 5.41) is 2.10. The monoisotopic (exact) mass is 489 g/mol. The van der Waals surface area contributed by atoms with Crippen molar-refractivity contribution in [1.29, 1.82) is 0 Å². The number of para-hydroxylation sites is 2. The molecule has 2 heterocycles. The molecule has 1 aliphatic rings. The van der Waals surface area contributed by atoms with Gasteiger partial charge in [-0.1, -0.05) is 72.8 Å². The molecular weight excluding hydrogens is 470 g/mol. The van der Waals surface area contributed by atoms with Gasteiger partial charge in [-0.05, 0) is 53.6 Å². The quantitative estimate of drug-likeness (QED) is 0.188. The predicted octanol–water partition coefficient (Wildman–Crippen LogP) is 7.80. The van der Waals surface area contributed by atoms with E-state index < -0.39 is 0 Å². The molecule has 0 fully saturated rings. The van der Waals surface area contributed by atoms with E-state index in [1.807, 2.05) is 72.8 Å². The Balaban J connectivity index is 1.45. The number of aromatic nitrogens is 1. The predicted molar refractivity (Wildman–Crippen MR) is 150 cm³/mol. The number of imide groups is 1. The van der Waals surface area contributed by atoms with Crippen LogP contribution in [0.5, 0.6) is 0 Å². The first-order chi connectivity index (χ1) is 18.7. The highest BCUT2D eigenvalue weighted by Crippen LogP contribution is 2.39. The number of hydrogen-bond donors (Lipinski definition) is 0. The maximum atomic E-state index is 13.8. The van der Waals surface area contributed by atoms with Crippen LogP contribution in [0.3, 0.4) is 0 Å². The Hall–Kier alpha value is -5.47. The van der Waals surface area contributed by atoms with Crippen LogP contribution in [0.4, 0.5) is 11.4 Å². The van der Waals surface area contributed by atoms with E-state index in [1.165, 1.54) is 4.90 Å². The Morgan fingerprint density at radius 2 is 1.32 bits per heavy atom. The zero-order valence-corrected chi connectivity index (χ0v) is 20.1. The van der Waals surface area contributed by atoms with Gasteiger partial charge in [-0.3, -0.25) is 9.59 Å². The van der Waals surface area contributed by atoms with Crippen LogP contribution in [0, 0.1) is 6.57 Å². The molecule has 5 heteroatoms. The van der Waals surface area contributed by atoms with Crippen LogP contribution in [0.15, 0.2) is 115 Å². The van der Waals surface area contributed by atoms with Gasteiger partial charge in [0.1, 0.15) is 0 Å². The number of fused-ring (bicyclic) bond motifs is 4. The van der Waals surface area contributed by atoms with Gasteiger partial charge in [0.2, 0.25) is 0 Å². The van der Waals surface area contributed by atoms with E-state index in [1.54, 1.807) is 18.2 Å². The van der Waals surface area contributed by atoms with Gasteiger partial charge in [0, 0.05) is 10.8 Å². The summed E-state index contributed by atoms with van der Waals surface area (Å²) < 4.78 is 2.08. The van der Waals surface area contributed by atoms with Crippen molar-refractivity contribution in [1.82, 2.24) is 4.57 Å². The van der Waals surface area contributed by atoms with Crippen LogP contribution in [0.1, 0.15) is 20.7 Å². The molecule has 178 valence electrons. The minimum Gasteiger partial charge on any atom is -0.308 e. The van der Waals surface area contributed by atoms with Gasteiger partial charge in [-0.2, -0.15) is 0 Å². The smallest absolute Gasteiger partial charge is 0.268 e. The number of nitrogens with zero attached hydrogens (tertiary/aromatic N) is 3. The third-order valence-electron chi connectivity index (χ3n) is 7.15. The van der Waals surface area contributed by atoms with Crippen molar-refractivity contribution in [3.63, 3.8) is 0 Å². The van der Waals surface area contributed by atoms with Gasteiger partial charge >= 0.3 is 0 Å². The van der Waals surface area contributed by atoms with Gasteiger partial charge in [0.05, 0.1) is 40.1 Å². The Morgan fingerprint density at radius 3 is 2.11 bits per heavy atom. The summed E-state index contributed by atoms with van der Waals surface area (Å²) in [6.07, 6.45) is 0. The Morgan fingerprint density at radius 1 is 0.605 bits per heavy atom. The lowest BCUT2D eigenvalue weighted by Gasteiger charge is -2.14. The van der Waals surface area contributed by atoms with Crippen LogP contribution in [0.25, 0.3) is 43.5 Å². The van der Waals surface area contributed by atoms with E-state index in [-0.39, 0.29) is 11.8 Å². The van der Waals surface area contributed by atoms with Crippen LogP contribution in [-0.4, -0.2) is 16.4 Å². The third-order valence-corrected chi connectivity index (χ3v) is 7.15. The van der Waals surface area contributed by atoms with E-state index >= 15 is 0 Å². The van der Waals surface area contributed by atoms with Crippen molar-refractivity contribution in [2.75, 3.05) is 4.90 Å². The standard InChI is InChI=1S/C33H19N3O2/c1-34-23-17-14-21(15-18-23)22-16-19-29-27(20-22)25-10-5-6-12-28(25)36(29)30-13-7-11-26-31(30)33(38)35(32(26)37)24-8-3-2-4-9-24/h2-20H. The molecule has 0 N–H and O–H groups in total. The maximum absolute atomic E-state index is 13.8. The summed E-state index contributed by atoms with van der Waals surface area (Å²) in [6, 6.07) is 36.4. The summed E-state index contributed by atoms with van der Waals surface area (Å²) in [5.41, 5.74) is 6.61. The number of carbonyl (C=O) groups is 2. The Kier molecular flexibility index (Phi) is 4.75. The molecule has 6 aromatic rings. The normalized spacial score (nSPS) is 12.8. The first-order valence-corrected chi connectivity index (χ1v) is 12.2. The number of benzene rings is 5. The Labute approximate surface area is 218 Å². The molecule has 5 aromatic carbocycles. The minimum absolute atomic E-state index is 0.316. The highest BCUT2D eigenvalue weighted by molar-refractivity contribution is 6.35. The van der Waals surface area contributed by atoms with Crippen molar-refractivity contribution >= 4 is 45.0 Å². The van der Waals surface area contributed by atoms with Crippen molar-refractivity contribution in [2.45, 2.75) is 0 Å². The molecule has 38 heavy (non-hydrogen) atoms. The van der Waals surface area contributed by atoms with E-state index in [0.29, 0.717) is 28.2 Å². The molecule has 7 rings (SSSR count). The molecule has 0 radical (unpaired) electrons. The van der Waals surface area contributed by atoms with Crippen LogP contribution < -0.4 is 4.90 Å². The topological polar surface area (TPSA) is 46.7 Å². The number of amides is 2. The lowest BCUT2D eigenvalue weighted by atomic mass is 10.0. The second-order valence-electron chi connectivity index (χ2n) is 9.22. The van der Waals surface area contributed by atoms with Gasteiger partial charge in [0.15, 0.2) is 5.69 Å². The average Bonchev–Trinajstić information content (AvgIpc) is 3.44.